The minimum absolute atomic E-state index is 0.0410. The normalized spacial score (nSPS) is 10.9. The maximum atomic E-state index is 13.5. The van der Waals surface area contributed by atoms with Gasteiger partial charge in [0.1, 0.15) is 11.6 Å². The highest BCUT2D eigenvalue weighted by molar-refractivity contribution is 7.80. The number of carbonyl (C=O) groups excluding carboxylic acids is 3. The summed E-state index contributed by atoms with van der Waals surface area (Å²) in [6, 6.07) is 7.03. The van der Waals surface area contributed by atoms with Gasteiger partial charge in [0.05, 0.1) is 31.4 Å². The molecule has 1 N–H and O–H groups in total. The molecule has 202 valence electrons. The van der Waals surface area contributed by atoms with E-state index < -0.39 is 23.5 Å². The first-order valence-corrected chi connectivity index (χ1v) is 11.8. The lowest BCUT2D eigenvalue weighted by atomic mass is 10.1. The van der Waals surface area contributed by atoms with Crippen molar-refractivity contribution in [1.82, 2.24) is 15.1 Å². The summed E-state index contributed by atoms with van der Waals surface area (Å²) in [7, 11) is 7.34. The van der Waals surface area contributed by atoms with Gasteiger partial charge >= 0.3 is 12.1 Å². The van der Waals surface area contributed by atoms with Crippen molar-refractivity contribution in [2.24, 2.45) is 0 Å². The molecule has 8 nitrogen and oxygen atoms in total. The molecule has 0 aromatic heterocycles. The number of benzene rings is 2. The van der Waals surface area contributed by atoms with Crippen LogP contribution in [0.3, 0.4) is 0 Å². The summed E-state index contributed by atoms with van der Waals surface area (Å²) in [4.78, 5) is 37.2. The van der Waals surface area contributed by atoms with Crippen LogP contribution in [0.4, 0.5) is 13.6 Å². The second-order valence-corrected chi connectivity index (χ2v) is 8.63. The fourth-order valence-electron chi connectivity index (χ4n) is 2.51. The Balaban J connectivity index is 0.000000571. The number of nitrogens with zero attached hydrogens (tertiary/aromatic N) is 2. The molecule has 37 heavy (non-hydrogen) atoms. The summed E-state index contributed by atoms with van der Waals surface area (Å²) in [6.45, 7) is -0.0577. The van der Waals surface area contributed by atoms with Crippen molar-refractivity contribution < 1.29 is 32.6 Å². The van der Waals surface area contributed by atoms with E-state index in [1.807, 2.05) is 0 Å². The highest BCUT2D eigenvalue weighted by Gasteiger charge is 2.22. The Morgan fingerprint density at radius 2 is 1.57 bits per heavy atom. The van der Waals surface area contributed by atoms with Crippen LogP contribution in [0.1, 0.15) is 45.5 Å². The topological polar surface area (TPSA) is 88.2 Å². The second-order valence-electron chi connectivity index (χ2n) is 7.84. The molecule has 0 saturated heterocycles. The van der Waals surface area contributed by atoms with Crippen molar-refractivity contribution in [3.63, 3.8) is 0 Å². The van der Waals surface area contributed by atoms with Crippen molar-refractivity contribution in [3.05, 3.63) is 69.7 Å². The molecule has 2 aromatic carbocycles. The van der Waals surface area contributed by atoms with E-state index in [0.717, 1.165) is 17.0 Å². The molecule has 2 aromatic rings. The third-order valence-corrected chi connectivity index (χ3v) is 5.24. The minimum atomic E-state index is -0.881. The average molecular weight is 558 g/mol. The van der Waals surface area contributed by atoms with Crippen LogP contribution in [0.25, 0.3) is 0 Å². The Morgan fingerprint density at radius 3 is 1.97 bits per heavy atom. The molecule has 1 aliphatic carbocycles. The molecule has 1 aliphatic rings. The first-order chi connectivity index (χ1) is 17.4. The van der Waals surface area contributed by atoms with E-state index in [2.05, 4.69) is 14.8 Å². The SMILES string of the molecule is C1CC1.CNC(=S)N(Cc1ccc(Cl)c(C(=O)OC)c1)C(=O)c1cc(F)cc(F)c1.COC(=O)N(C)C. The smallest absolute Gasteiger partial charge is 0.408 e. The third-order valence-electron chi connectivity index (χ3n) is 4.48. The molecule has 0 aliphatic heterocycles. The lowest BCUT2D eigenvalue weighted by molar-refractivity contribution is 0.0600. The monoisotopic (exact) mass is 557 g/mol. The summed E-state index contributed by atoms with van der Waals surface area (Å²) < 4.78 is 35.9. The van der Waals surface area contributed by atoms with Gasteiger partial charge in [-0.3, -0.25) is 9.69 Å². The van der Waals surface area contributed by atoms with E-state index >= 15 is 0 Å². The second kappa shape index (κ2) is 15.7. The Kier molecular flexibility index (Phi) is 13.5. The highest BCUT2D eigenvalue weighted by atomic mass is 35.5. The molecule has 0 spiro atoms. The number of esters is 1. The third kappa shape index (κ3) is 11.1. The van der Waals surface area contributed by atoms with Crippen LogP contribution in [0, 0.1) is 11.6 Å². The molecule has 12 heteroatoms. The van der Waals surface area contributed by atoms with Gasteiger partial charge in [-0.05, 0) is 42.0 Å². The number of amides is 2. The molecular formula is C25H30ClF2N3O5S. The quantitative estimate of drug-likeness (QED) is 0.416. The van der Waals surface area contributed by atoms with Crippen molar-refractivity contribution in [2.45, 2.75) is 25.8 Å². The standard InChI is InChI=1S/C18H15ClF2N2O3S.C4H9NO2.C3H6/c1-22-18(27)23(16(24)11-6-12(20)8-13(21)7-11)9-10-3-4-15(19)14(5-10)17(25)26-2;1-5(2)4(6)7-3;1-2-3-1/h3-8H,9H2,1-2H3,(H,22,27);1-3H3;1-3H2. The molecule has 0 heterocycles. The van der Waals surface area contributed by atoms with Gasteiger partial charge in [-0.1, -0.05) is 36.9 Å². The number of methoxy groups -OCH3 is 2. The van der Waals surface area contributed by atoms with Gasteiger partial charge in [-0.2, -0.15) is 0 Å². The average Bonchev–Trinajstić information content (AvgIpc) is 3.76. The molecule has 0 atom stereocenters. The summed E-state index contributed by atoms with van der Waals surface area (Å²) in [5.74, 6) is -3.10. The van der Waals surface area contributed by atoms with E-state index in [4.69, 9.17) is 23.8 Å². The van der Waals surface area contributed by atoms with Crippen molar-refractivity contribution in [1.29, 1.82) is 0 Å². The largest absolute Gasteiger partial charge is 0.465 e. The lowest BCUT2D eigenvalue weighted by Gasteiger charge is -2.23. The van der Waals surface area contributed by atoms with Crippen LogP contribution in [0.15, 0.2) is 36.4 Å². The number of carbonyl (C=O) groups is 3. The van der Waals surface area contributed by atoms with Gasteiger partial charge in [-0.15, -0.1) is 0 Å². The number of ether oxygens (including phenoxy) is 2. The summed E-state index contributed by atoms with van der Waals surface area (Å²) in [5, 5.41) is 2.88. The molecule has 1 saturated carbocycles. The number of halogens is 3. The zero-order chi connectivity index (χ0) is 28.1. The van der Waals surface area contributed by atoms with Gasteiger partial charge in [-0.25, -0.2) is 18.4 Å². The van der Waals surface area contributed by atoms with Crippen LogP contribution in [-0.4, -0.2) is 68.2 Å². The van der Waals surface area contributed by atoms with E-state index in [9.17, 15) is 23.2 Å². The zero-order valence-corrected chi connectivity index (χ0v) is 22.8. The van der Waals surface area contributed by atoms with Crippen LogP contribution in [-0.2, 0) is 16.0 Å². The number of hydrogen-bond acceptors (Lipinski definition) is 6. The molecular weight excluding hydrogens is 528 g/mol. The van der Waals surface area contributed by atoms with Crippen molar-refractivity contribution >= 4 is 46.9 Å². The zero-order valence-electron chi connectivity index (χ0n) is 21.3. The molecule has 2 amide bonds. The predicted octanol–water partition coefficient (Wildman–Crippen LogP) is 5.04. The van der Waals surface area contributed by atoms with Gasteiger partial charge in [0.15, 0.2) is 5.11 Å². The fraction of sp³-hybridized carbons (Fsp3) is 0.360. The molecule has 3 rings (SSSR count). The van der Waals surface area contributed by atoms with E-state index in [1.165, 1.54) is 57.6 Å². The lowest BCUT2D eigenvalue weighted by Crippen LogP contribution is -2.41. The van der Waals surface area contributed by atoms with E-state index in [0.29, 0.717) is 11.6 Å². The van der Waals surface area contributed by atoms with Crippen molar-refractivity contribution in [2.75, 3.05) is 35.4 Å². The highest BCUT2D eigenvalue weighted by Crippen LogP contribution is 2.21. The molecule has 1 fully saturated rings. The summed E-state index contributed by atoms with van der Waals surface area (Å²) in [5.41, 5.74) is 0.436. The number of thiocarbonyl (C=S) groups is 1. The number of nitrogens with one attached hydrogen (secondary N) is 1. The Morgan fingerprint density at radius 1 is 1.00 bits per heavy atom. The van der Waals surface area contributed by atoms with Crippen molar-refractivity contribution in [3.8, 4) is 0 Å². The first kappa shape index (κ1) is 31.7. The first-order valence-electron chi connectivity index (χ1n) is 11.1. The molecule has 0 bridgehead atoms. The van der Waals surface area contributed by atoms with E-state index in [-0.39, 0.29) is 33.9 Å². The summed E-state index contributed by atoms with van der Waals surface area (Å²) in [6.07, 6.45) is 4.18. The van der Waals surface area contributed by atoms with Crippen LogP contribution in [0.2, 0.25) is 5.02 Å². The van der Waals surface area contributed by atoms with Gasteiger partial charge in [0.25, 0.3) is 5.91 Å². The Hall–Kier alpha value is -3.31. The summed E-state index contributed by atoms with van der Waals surface area (Å²) >= 11 is 11.1. The fourth-order valence-corrected chi connectivity index (χ4v) is 2.85. The van der Waals surface area contributed by atoms with Crippen LogP contribution >= 0.6 is 23.8 Å². The van der Waals surface area contributed by atoms with Crippen LogP contribution < -0.4 is 5.32 Å². The van der Waals surface area contributed by atoms with Gasteiger partial charge in [0.2, 0.25) is 0 Å². The van der Waals surface area contributed by atoms with E-state index in [1.54, 1.807) is 20.2 Å². The number of rotatable bonds is 4. The van der Waals surface area contributed by atoms with Crippen LogP contribution in [0.5, 0.6) is 0 Å². The molecule has 0 unspecified atom stereocenters. The maximum absolute atomic E-state index is 13.5. The predicted molar refractivity (Wildman–Crippen MR) is 141 cm³/mol. The Labute approximate surface area is 225 Å². The number of hydrogen-bond donors (Lipinski definition) is 1. The minimum Gasteiger partial charge on any atom is -0.465 e. The molecule has 0 radical (unpaired) electrons. The van der Waals surface area contributed by atoms with Gasteiger partial charge < -0.3 is 19.7 Å². The Bertz CT molecular complexity index is 1090. The van der Waals surface area contributed by atoms with Gasteiger partial charge in [0, 0.05) is 32.8 Å². The maximum Gasteiger partial charge on any atom is 0.408 e.